The summed E-state index contributed by atoms with van der Waals surface area (Å²) < 4.78 is 33.3. The van der Waals surface area contributed by atoms with E-state index >= 15 is 0 Å². The second-order valence-corrected chi connectivity index (χ2v) is 10.7. The van der Waals surface area contributed by atoms with Gasteiger partial charge in [-0.3, -0.25) is 18.5 Å². The van der Waals surface area contributed by atoms with Gasteiger partial charge < -0.3 is 71.4 Å². The average Bonchev–Trinajstić information content (AvgIpc) is 3.20. The minimum absolute atomic E-state index is 0.148. The van der Waals surface area contributed by atoms with Crippen molar-refractivity contribution in [3.63, 3.8) is 0 Å². The predicted molar refractivity (Wildman–Crippen MR) is 129 cm³/mol. The van der Waals surface area contributed by atoms with E-state index in [0.717, 1.165) is 10.8 Å². The number of carboxylic acid groups (broad SMARTS) is 1. The summed E-state index contributed by atoms with van der Waals surface area (Å²) in [6, 6.07) is -0.473. The Kier molecular flexibility index (Phi) is 10.8. The van der Waals surface area contributed by atoms with E-state index in [-0.39, 0.29) is 5.82 Å². The van der Waals surface area contributed by atoms with Gasteiger partial charge in [0.15, 0.2) is 6.23 Å². The fourth-order valence-corrected chi connectivity index (χ4v) is 5.26. The number of rotatable bonds is 12. The number of aliphatic hydroxyl groups excluding tert-OH is 6. The number of hydrogen-bond acceptors (Lipinski definition) is 18. The molecule has 1 amide bonds. The number of nitrogens with one attached hydrogen (secondary N) is 1. The van der Waals surface area contributed by atoms with Crippen molar-refractivity contribution in [1.82, 2.24) is 14.9 Å². The number of nitrogen functional groups attached to an aromatic ring is 1. The van der Waals surface area contributed by atoms with E-state index in [9.17, 15) is 59.6 Å². The number of carbonyl (C=O) groups is 2. The van der Waals surface area contributed by atoms with Crippen LogP contribution >= 0.6 is 7.82 Å². The third kappa shape index (κ3) is 7.29. The zero-order valence-electron chi connectivity index (χ0n) is 21.5. The molecule has 2 saturated heterocycles. The molecule has 21 nitrogen and oxygen atoms in total. The molecule has 3 rings (SSSR count). The van der Waals surface area contributed by atoms with Gasteiger partial charge in [-0.25, -0.2) is 9.59 Å². The quantitative estimate of drug-likeness (QED) is 0.0961. The van der Waals surface area contributed by atoms with Gasteiger partial charge in [-0.1, -0.05) is 0 Å². The molecular formula is C20H31N5O16P-. The predicted octanol–water partition coefficient (Wildman–Crippen LogP) is -6.97. The van der Waals surface area contributed by atoms with Gasteiger partial charge in [0, 0.05) is 12.6 Å². The zero-order valence-corrected chi connectivity index (χ0v) is 22.4. The van der Waals surface area contributed by atoms with Crippen molar-refractivity contribution in [1.29, 1.82) is 0 Å². The van der Waals surface area contributed by atoms with Crippen LogP contribution in [0.1, 0.15) is 12.6 Å². The fraction of sp³-hybridized carbons (Fsp3) is 0.700. The SMILES string of the molecule is NCC(=O)N[C@@H]1C(O)C[C@@](OP(=O)([O-])OC[C@H]2O[C@@H](n3ccc(N)nc3=O)[C@@H](O)[C@H]2O)(C(=O)O)OC1[C@H](O)[C@H](O)CO. The second kappa shape index (κ2) is 13.3. The van der Waals surface area contributed by atoms with Gasteiger partial charge in [-0.15, -0.1) is 0 Å². The Bertz CT molecular complexity index is 1240. The lowest BCUT2D eigenvalue weighted by Crippen LogP contribution is -2.68. The first-order valence-electron chi connectivity index (χ1n) is 12.1. The summed E-state index contributed by atoms with van der Waals surface area (Å²) in [6.45, 7) is -2.80. The highest BCUT2D eigenvalue weighted by atomic mass is 31.2. The van der Waals surface area contributed by atoms with Crippen LogP contribution in [-0.4, -0.2) is 131 Å². The van der Waals surface area contributed by atoms with Gasteiger partial charge in [0.2, 0.25) is 5.91 Å². The number of anilines is 1. The lowest BCUT2D eigenvalue weighted by atomic mass is 9.88. The van der Waals surface area contributed by atoms with Crippen LogP contribution < -0.4 is 27.4 Å². The normalized spacial score (nSPS) is 34.3. The molecule has 0 saturated carbocycles. The van der Waals surface area contributed by atoms with Crippen LogP contribution in [0.4, 0.5) is 5.82 Å². The van der Waals surface area contributed by atoms with Crippen LogP contribution in [0.15, 0.2) is 17.1 Å². The number of nitrogens with zero attached hydrogens (tertiary/aromatic N) is 2. The highest BCUT2D eigenvalue weighted by Crippen LogP contribution is 2.48. The van der Waals surface area contributed by atoms with Gasteiger partial charge in [-0.05, 0) is 6.07 Å². The lowest BCUT2D eigenvalue weighted by molar-refractivity contribution is -0.313. The van der Waals surface area contributed by atoms with Crippen LogP contribution in [0.25, 0.3) is 0 Å². The third-order valence-electron chi connectivity index (χ3n) is 6.45. The average molecular weight is 628 g/mol. The van der Waals surface area contributed by atoms with Gasteiger partial charge in [0.25, 0.3) is 13.6 Å². The maximum Gasteiger partial charge on any atom is 0.364 e. The lowest BCUT2D eigenvalue weighted by Gasteiger charge is -2.47. The maximum absolute atomic E-state index is 12.7. The fourth-order valence-electron chi connectivity index (χ4n) is 4.32. The molecule has 238 valence electrons. The molecule has 42 heavy (non-hydrogen) atoms. The minimum Gasteiger partial charge on any atom is -0.756 e. The molecule has 2 fully saturated rings. The van der Waals surface area contributed by atoms with Crippen molar-refractivity contribution in [2.75, 3.05) is 25.5 Å². The molecule has 11 atom stereocenters. The number of ether oxygens (including phenoxy) is 2. The molecule has 0 spiro atoms. The van der Waals surface area contributed by atoms with Crippen LogP contribution in [0.2, 0.25) is 0 Å². The van der Waals surface area contributed by atoms with Crippen molar-refractivity contribution in [2.24, 2.45) is 5.73 Å². The number of phosphoric ester groups is 1. The third-order valence-corrected chi connectivity index (χ3v) is 7.43. The first-order valence-corrected chi connectivity index (χ1v) is 13.6. The van der Waals surface area contributed by atoms with Gasteiger partial charge in [-0.2, -0.15) is 4.98 Å². The van der Waals surface area contributed by atoms with Crippen LogP contribution in [0.5, 0.6) is 0 Å². The summed E-state index contributed by atoms with van der Waals surface area (Å²) in [4.78, 5) is 52.2. The molecule has 0 aliphatic carbocycles. The number of hydrogen-bond donors (Lipinski definition) is 10. The monoisotopic (exact) mass is 628 g/mol. The van der Waals surface area contributed by atoms with Crippen molar-refractivity contribution >= 4 is 25.5 Å². The molecule has 22 heteroatoms. The van der Waals surface area contributed by atoms with E-state index in [1.165, 1.54) is 6.07 Å². The van der Waals surface area contributed by atoms with Gasteiger partial charge >= 0.3 is 11.7 Å². The van der Waals surface area contributed by atoms with Crippen LogP contribution in [-0.2, 0) is 32.7 Å². The van der Waals surface area contributed by atoms with Crippen LogP contribution in [0, 0.1) is 0 Å². The smallest absolute Gasteiger partial charge is 0.364 e. The summed E-state index contributed by atoms with van der Waals surface area (Å²) >= 11 is 0. The molecule has 3 unspecified atom stereocenters. The molecule has 1 aromatic rings. The van der Waals surface area contributed by atoms with Crippen LogP contribution in [0.3, 0.4) is 0 Å². The Morgan fingerprint density at radius 3 is 2.55 bits per heavy atom. The van der Waals surface area contributed by atoms with E-state index in [2.05, 4.69) is 19.3 Å². The van der Waals surface area contributed by atoms with Gasteiger partial charge in [0.05, 0.1) is 31.9 Å². The van der Waals surface area contributed by atoms with E-state index in [4.69, 9.17) is 20.9 Å². The second-order valence-electron chi connectivity index (χ2n) is 9.37. The maximum atomic E-state index is 12.7. The summed E-state index contributed by atoms with van der Waals surface area (Å²) in [6.07, 6.45) is -15.1. The van der Waals surface area contributed by atoms with E-state index in [0.29, 0.717) is 0 Å². The molecular weight excluding hydrogens is 597 g/mol. The van der Waals surface area contributed by atoms with Gasteiger partial charge in [0.1, 0.15) is 42.4 Å². The first-order chi connectivity index (χ1) is 19.6. The number of aromatic nitrogens is 2. The Labute approximate surface area is 235 Å². The standard InChI is InChI=1S/C20H32N5O16P/c21-4-11(29)24-12-7(27)3-20(18(33)34,40-16(12)13(30)8(28)5-26)41-42(36,37)38-6-9-14(31)15(32)17(39-9)25-2-1-10(22)23-19(25)35/h1-2,7-9,12-17,26-28,30-32H,3-6,21H2,(H,24,29)(H,33,34)(H,36,37)(H2,22,23,35)/p-1/t7?,8-,9-,12-,13-,14+,15+,16?,17-,20-/m1/s1. The van der Waals surface area contributed by atoms with E-state index in [1.54, 1.807) is 0 Å². The molecule has 2 aliphatic heterocycles. The highest BCUT2D eigenvalue weighted by Gasteiger charge is 2.57. The number of phosphoric acid groups is 1. The van der Waals surface area contributed by atoms with Crippen molar-refractivity contribution < 1.29 is 73.3 Å². The van der Waals surface area contributed by atoms with Crippen molar-refractivity contribution in [2.45, 2.75) is 67.2 Å². The Hall–Kier alpha value is -2.63. The molecule has 2 aliphatic rings. The summed E-state index contributed by atoms with van der Waals surface area (Å²) in [7, 11) is -5.79. The number of aliphatic carboxylic acids is 1. The van der Waals surface area contributed by atoms with Crippen molar-refractivity contribution in [3.8, 4) is 0 Å². The Balaban J connectivity index is 1.79. The zero-order chi connectivity index (χ0) is 31.6. The number of carbonyl (C=O) groups excluding carboxylic acids is 1. The summed E-state index contributed by atoms with van der Waals surface area (Å²) in [5.74, 6) is -6.51. The van der Waals surface area contributed by atoms with E-state index < -0.39 is 112 Å². The minimum atomic E-state index is -5.79. The summed E-state index contributed by atoms with van der Waals surface area (Å²) in [5.41, 5.74) is 9.66. The molecule has 0 radical (unpaired) electrons. The summed E-state index contributed by atoms with van der Waals surface area (Å²) in [5, 5.41) is 72.7. The molecule has 0 aromatic carbocycles. The van der Waals surface area contributed by atoms with Crippen molar-refractivity contribution in [3.05, 3.63) is 22.7 Å². The Morgan fingerprint density at radius 1 is 1.31 bits per heavy atom. The first kappa shape index (κ1) is 33.9. The topological polar surface area (TPSA) is 352 Å². The number of nitrogens with two attached hydrogens (primary N) is 2. The molecule has 0 bridgehead atoms. The number of carboxylic acids is 1. The number of aliphatic hydroxyl groups is 6. The molecule has 3 heterocycles. The van der Waals surface area contributed by atoms with E-state index in [1.807, 2.05) is 0 Å². The largest absolute Gasteiger partial charge is 0.756 e. The Morgan fingerprint density at radius 2 is 1.98 bits per heavy atom. The molecule has 1 aromatic heterocycles. The molecule has 12 N–H and O–H groups in total. The number of amides is 1. The highest BCUT2D eigenvalue weighted by molar-refractivity contribution is 7.45.